The summed E-state index contributed by atoms with van der Waals surface area (Å²) in [5.74, 6) is -2.13. The second-order valence-electron chi connectivity index (χ2n) is 10.5. The number of benzene rings is 1. The third kappa shape index (κ3) is 5.10. The van der Waals surface area contributed by atoms with Gasteiger partial charge in [0.15, 0.2) is 0 Å². The number of hydrogen-bond donors (Lipinski definition) is 2. The summed E-state index contributed by atoms with van der Waals surface area (Å²) in [6.07, 6.45) is 2.64. The molecule has 0 aromatic heterocycles. The molecule has 35 heavy (non-hydrogen) atoms. The van der Waals surface area contributed by atoms with Gasteiger partial charge < -0.3 is 14.9 Å². The molecule has 0 amide bonds. The number of carbonyl (C=O) groups is 2. The maximum absolute atomic E-state index is 13.8. The molecular formula is C24H36N3O7S+. The molecule has 0 saturated carbocycles. The number of aliphatic carboxylic acids is 1. The lowest BCUT2D eigenvalue weighted by Crippen LogP contribution is -2.54. The van der Waals surface area contributed by atoms with Crippen molar-refractivity contribution in [1.82, 2.24) is 9.31 Å². The van der Waals surface area contributed by atoms with Crippen molar-refractivity contribution < 1.29 is 37.5 Å². The van der Waals surface area contributed by atoms with E-state index in [1.807, 2.05) is 0 Å². The predicted molar refractivity (Wildman–Crippen MR) is 127 cm³/mol. The van der Waals surface area contributed by atoms with Crippen LogP contribution >= 0.6 is 0 Å². The summed E-state index contributed by atoms with van der Waals surface area (Å²) in [5, 5.41) is 21.3. The summed E-state index contributed by atoms with van der Waals surface area (Å²) in [7, 11) is 1.88. The number of nitrogens with zero attached hydrogens (tertiary/aromatic N) is 3. The van der Waals surface area contributed by atoms with E-state index in [0.717, 1.165) is 19.5 Å². The fourth-order valence-electron chi connectivity index (χ4n) is 6.28. The van der Waals surface area contributed by atoms with Crippen molar-refractivity contribution in [2.45, 2.75) is 55.1 Å². The first kappa shape index (κ1) is 26.0. The van der Waals surface area contributed by atoms with Crippen LogP contribution in [0.25, 0.3) is 0 Å². The second kappa shape index (κ2) is 9.78. The van der Waals surface area contributed by atoms with Gasteiger partial charge in [0, 0.05) is 32.7 Å². The molecule has 0 aliphatic carbocycles. The van der Waals surface area contributed by atoms with Crippen LogP contribution in [0.3, 0.4) is 0 Å². The maximum Gasteiger partial charge on any atom is 0.335 e. The van der Waals surface area contributed by atoms with Crippen molar-refractivity contribution in [3.05, 3.63) is 29.3 Å². The fraction of sp³-hybridized carbons (Fsp3) is 0.667. The number of fused-ring (bicyclic) bond motifs is 1. The normalized spacial score (nSPS) is 28.0. The lowest BCUT2D eigenvalue weighted by atomic mass is 9.81. The van der Waals surface area contributed by atoms with Crippen molar-refractivity contribution in [3.63, 3.8) is 0 Å². The Balaban J connectivity index is 1.67. The number of ether oxygens (including phenoxy) is 1. The zero-order chi connectivity index (χ0) is 25.5. The van der Waals surface area contributed by atoms with Crippen LogP contribution in [-0.4, -0.2) is 104 Å². The third-order valence-corrected chi connectivity index (χ3v) is 9.98. The first-order chi connectivity index (χ1) is 16.4. The van der Waals surface area contributed by atoms with Gasteiger partial charge in [0.2, 0.25) is 10.0 Å². The highest BCUT2D eigenvalue weighted by molar-refractivity contribution is 7.89. The van der Waals surface area contributed by atoms with Gasteiger partial charge in [-0.1, -0.05) is 6.07 Å². The molecule has 3 aliphatic rings. The number of hydrogen-bond acceptors (Lipinski definition) is 6. The summed E-state index contributed by atoms with van der Waals surface area (Å²) >= 11 is 0. The Kier molecular flexibility index (Phi) is 7.27. The number of aromatic carboxylic acids is 1. The van der Waals surface area contributed by atoms with Gasteiger partial charge in [0.25, 0.3) is 0 Å². The van der Waals surface area contributed by atoms with Crippen LogP contribution in [0, 0.1) is 5.92 Å². The summed E-state index contributed by atoms with van der Waals surface area (Å²) < 4.78 is 35.0. The molecule has 3 saturated heterocycles. The Morgan fingerprint density at radius 3 is 2.40 bits per heavy atom. The zero-order valence-corrected chi connectivity index (χ0v) is 21.4. The Morgan fingerprint density at radius 2 is 1.80 bits per heavy atom. The molecule has 3 atom stereocenters. The van der Waals surface area contributed by atoms with Gasteiger partial charge in [0.05, 0.1) is 43.1 Å². The average molecular weight is 511 g/mol. The van der Waals surface area contributed by atoms with E-state index in [-0.39, 0.29) is 40.9 Å². The highest BCUT2D eigenvalue weighted by atomic mass is 32.2. The highest BCUT2D eigenvalue weighted by Gasteiger charge is 2.51. The first-order valence-corrected chi connectivity index (χ1v) is 13.6. The molecule has 194 valence electrons. The number of piperidine rings is 2. The van der Waals surface area contributed by atoms with E-state index < -0.39 is 22.0 Å². The van der Waals surface area contributed by atoms with Crippen molar-refractivity contribution in [3.8, 4) is 0 Å². The van der Waals surface area contributed by atoms with Crippen LogP contribution in [-0.2, 0) is 19.6 Å². The van der Waals surface area contributed by atoms with E-state index in [1.165, 1.54) is 16.4 Å². The van der Waals surface area contributed by atoms with Crippen molar-refractivity contribution in [2.75, 3.05) is 47.4 Å². The minimum atomic E-state index is -3.90. The van der Waals surface area contributed by atoms with E-state index in [4.69, 9.17) is 4.74 Å². The second-order valence-corrected chi connectivity index (χ2v) is 12.4. The van der Waals surface area contributed by atoms with E-state index in [9.17, 15) is 28.2 Å². The SMILES string of the molecule is COC1CCN(S(=O)(=O)c2cc(C(=O)O)ccc2C2CCN3C(C2)C(CC(=O)O)C[N+]3(C)C)CC1. The molecule has 2 N–H and O–H groups in total. The molecule has 3 fully saturated rings. The standard InChI is InChI=1S/C24H35N3O7S/c1-27(2)15-18(14-23(28)29)21-12-16(6-11-26(21)27)20-5-4-17(24(30)31)13-22(20)35(32,33)25-9-7-19(34-3)8-10-25/h4-5,13,16,18-19,21H,6-12,14-15H2,1-3H3,(H-,28,29,30,31)/p+1. The predicted octanol–water partition coefficient (Wildman–Crippen LogP) is 1.83. The number of quaternary nitrogens is 1. The molecule has 0 spiro atoms. The minimum absolute atomic E-state index is 0.0191. The molecule has 0 bridgehead atoms. The maximum atomic E-state index is 13.8. The Morgan fingerprint density at radius 1 is 1.11 bits per heavy atom. The number of rotatable bonds is 7. The van der Waals surface area contributed by atoms with Crippen LogP contribution in [0.15, 0.2) is 23.1 Å². The Bertz CT molecular complexity index is 1080. The van der Waals surface area contributed by atoms with Crippen molar-refractivity contribution in [1.29, 1.82) is 0 Å². The third-order valence-electron chi connectivity index (χ3n) is 8.03. The number of sulfonamides is 1. The molecule has 10 nitrogen and oxygen atoms in total. The molecule has 0 radical (unpaired) electrons. The molecule has 11 heteroatoms. The minimum Gasteiger partial charge on any atom is -0.481 e. The number of carboxylic acids is 2. The Hall–Kier alpha value is -2.05. The van der Waals surface area contributed by atoms with E-state index >= 15 is 0 Å². The molecular weight excluding hydrogens is 474 g/mol. The average Bonchev–Trinajstić information content (AvgIpc) is 3.07. The fourth-order valence-corrected chi connectivity index (χ4v) is 8.05. The summed E-state index contributed by atoms with van der Waals surface area (Å²) in [6, 6.07) is 4.45. The molecule has 3 unspecified atom stereocenters. The van der Waals surface area contributed by atoms with E-state index in [2.05, 4.69) is 19.1 Å². The van der Waals surface area contributed by atoms with Gasteiger partial charge in [-0.3, -0.25) is 4.79 Å². The van der Waals surface area contributed by atoms with Gasteiger partial charge in [-0.15, -0.1) is 0 Å². The Labute approximate surface area is 206 Å². The molecule has 1 aromatic rings. The summed E-state index contributed by atoms with van der Waals surface area (Å²) in [4.78, 5) is 23.3. The number of carboxylic acid groups (broad SMARTS) is 2. The topological polar surface area (TPSA) is 124 Å². The zero-order valence-electron chi connectivity index (χ0n) is 20.6. The van der Waals surface area contributed by atoms with Gasteiger partial charge in [-0.05, 0) is 49.3 Å². The van der Waals surface area contributed by atoms with Crippen LogP contribution < -0.4 is 0 Å². The quantitative estimate of drug-likeness (QED) is 0.533. The van der Waals surface area contributed by atoms with Crippen LogP contribution in [0.4, 0.5) is 0 Å². The monoisotopic (exact) mass is 510 g/mol. The van der Waals surface area contributed by atoms with E-state index in [1.54, 1.807) is 13.2 Å². The molecule has 4 rings (SSSR count). The lowest BCUT2D eigenvalue weighted by molar-refractivity contribution is -0.993. The van der Waals surface area contributed by atoms with Gasteiger partial charge >= 0.3 is 11.9 Å². The molecule has 3 heterocycles. The van der Waals surface area contributed by atoms with Gasteiger partial charge in [-0.25, -0.2) is 17.8 Å². The highest BCUT2D eigenvalue weighted by Crippen LogP contribution is 2.44. The van der Waals surface area contributed by atoms with Crippen molar-refractivity contribution in [2.24, 2.45) is 5.92 Å². The smallest absolute Gasteiger partial charge is 0.335 e. The van der Waals surface area contributed by atoms with E-state index in [0.29, 0.717) is 42.5 Å². The largest absolute Gasteiger partial charge is 0.481 e. The number of methoxy groups -OCH3 is 1. The van der Waals surface area contributed by atoms with Crippen LogP contribution in [0.1, 0.15) is 53.9 Å². The van der Waals surface area contributed by atoms with Gasteiger partial charge in [0.1, 0.15) is 6.54 Å². The van der Waals surface area contributed by atoms with Crippen LogP contribution in [0.5, 0.6) is 0 Å². The summed E-state index contributed by atoms with van der Waals surface area (Å²) in [6.45, 7) is 2.09. The molecule has 1 aromatic carbocycles. The van der Waals surface area contributed by atoms with Gasteiger partial charge in [-0.2, -0.15) is 9.31 Å². The lowest BCUT2D eigenvalue weighted by Gasteiger charge is -2.41. The van der Waals surface area contributed by atoms with Crippen molar-refractivity contribution >= 4 is 22.0 Å². The summed E-state index contributed by atoms with van der Waals surface area (Å²) in [5.41, 5.74) is 0.578. The molecule has 3 aliphatic heterocycles. The first-order valence-electron chi connectivity index (χ1n) is 12.2. The van der Waals surface area contributed by atoms with Crippen LogP contribution in [0.2, 0.25) is 0 Å².